The van der Waals surface area contributed by atoms with Crippen LogP contribution in [0.5, 0.6) is 0 Å². The summed E-state index contributed by atoms with van der Waals surface area (Å²) in [5, 5.41) is 3.05. The third-order valence-corrected chi connectivity index (χ3v) is 1.17. The van der Waals surface area contributed by atoms with Crippen molar-refractivity contribution in [1.29, 1.82) is 0 Å². The van der Waals surface area contributed by atoms with E-state index in [0.29, 0.717) is 6.54 Å². The minimum absolute atomic E-state index is 0.543. The van der Waals surface area contributed by atoms with Crippen molar-refractivity contribution in [2.75, 3.05) is 20.1 Å². The van der Waals surface area contributed by atoms with Crippen molar-refractivity contribution in [2.24, 2.45) is 5.73 Å². The minimum Gasteiger partial charge on any atom is -0.327 e. The van der Waals surface area contributed by atoms with E-state index in [-0.39, 0.29) is 0 Å². The first-order chi connectivity index (χ1) is 4.70. The molecule has 0 radical (unpaired) electrons. The highest BCUT2D eigenvalue weighted by Gasteiger charge is 1.87. The van der Waals surface area contributed by atoms with E-state index in [4.69, 9.17) is 5.73 Å². The van der Waals surface area contributed by atoms with Gasteiger partial charge in [-0.2, -0.15) is 0 Å². The zero-order valence-corrected chi connectivity index (χ0v) is 6.78. The van der Waals surface area contributed by atoms with Crippen LogP contribution in [0.25, 0.3) is 0 Å². The van der Waals surface area contributed by atoms with Crippen LogP contribution in [-0.4, -0.2) is 20.1 Å². The molecule has 0 amide bonds. The van der Waals surface area contributed by atoms with Crippen molar-refractivity contribution in [3.8, 4) is 0 Å². The standard InChI is InChI=1S/C8H16N2/c1-7(5-9)4-8(2)6-10-3/h4,10H,1,5-6,9H2,2-3H3/b8-4+. The molecule has 0 saturated heterocycles. The monoisotopic (exact) mass is 140 g/mol. The van der Waals surface area contributed by atoms with Crippen LogP contribution >= 0.6 is 0 Å². The maximum atomic E-state index is 5.35. The number of hydrogen-bond donors (Lipinski definition) is 2. The first kappa shape index (κ1) is 9.40. The number of rotatable bonds is 4. The van der Waals surface area contributed by atoms with Gasteiger partial charge in [0, 0.05) is 13.1 Å². The summed E-state index contributed by atoms with van der Waals surface area (Å²) >= 11 is 0. The predicted octanol–water partition coefficient (Wildman–Crippen LogP) is 0.667. The van der Waals surface area contributed by atoms with Crippen LogP contribution < -0.4 is 11.1 Å². The van der Waals surface area contributed by atoms with Crippen molar-refractivity contribution >= 4 is 0 Å². The van der Waals surface area contributed by atoms with Crippen LogP contribution in [0.4, 0.5) is 0 Å². The molecule has 0 spiro atoms. The average molecular weight is 140 g/mol. The quantitative estimate of drug-likeness (QED) is 0.563. The topological polar surface area (TPSA) is 38.0 Å². The van der Waals surface area contributed by atoms with Crippen LogP contribution in [-0.2, 0) is 0 Å². The Morgan fingerprint density at radius 1 is 1.70 bits per heavy atom. The van der Waals surface area contributed by atoms with Gasteiger partial charge in [-0.25, -0.2) is 0 Å². The highest BCUT2D eigenvalue weighted by Crippen LogP contribution is 1.96. The van der Waals surface area contributed by atoms with Crippen LogP contribution in [0.3, 0.4) is 0 Å². The predicted molar refractivity (Wildman–Crippen MR) is 45.9 cm³/mol. The molecule has 10 heavy (non-hydrogen) atoms. The second-order valence-corrected chi connectivity index (χ2v) is 2.38. The van der Waals surface area contributed by atoms with Gasteiger partial charge in [-0.3, -0.25) is 0 Å². The molecule has 0 aromatic carbocycles. The maximum absolute atomic E-state index is 5.35. The Labute approximate surface area is 62.8 Å². The molecular formula is C8H16N2. The van der Waals surface area contributed by atoms with Gasteiger partial charge in [-0.05, 0) is 19.5 Å². The van der Waals surface area contributed by atoms with Gasteiger partial charge >= 0.3 is 0 Å². The highest BCUT2D eigenvalue weighted by molar-refractivity contribution is 5.21. The van der Waals surface area contributed by atoms with Gasteiger partial charge in [0.2, 0.25) is 0 Å². The second kappa shape index (κ2) is 5.21. The van der Waals surface area contributed by atoms with E-state index in [1.165, 1.54) is 5.57 Å². The fourth-order valence-corrected chi connectivity index (χ4v) is 0.737. The third kappa shape index (κ3) is 4.30. The number of nitrogens with two attached hydrogens (primary N) is 1. The summed E-state index contributed by atoms with van der Waals surface area (Å²) in [7, 11) is 1.92. The normalized spacial score (nSPS) is 11.7. The first-order valence-electron chi connectivity index (χ1n) is 3.40. The van der Waals surface area contributed by atoms with Crippen LogP contribution in [0.15, 0.2) is 23.8 Å². The molecule has 0 aliphatic heterocycles. The Morgan fingerprint density at radius 2 is 2.30 bits per heavy atom. The van der Waals surface area contributed by atoms with Crippen LogP contribution in [0, 0.1) is 0 Å². The van der Waals surface area contributed by atoms with Gasteiger partial charge in [-0.1, -0.05) is 18.2 Å². The molecule has 2 heteroatoms. The fourth-order valence-electron chi connectivity index (χ4n) is 0.737. The summed E-state index contributed by atoms with van der Waals surface area (Å²) in [4.78, 5) is 0. The smallest absolute Gasteiger partial charge is 0.0172 e. The van der Waals surface area contributed by atoms with Gasteiger partial charge in [-0.15, -0.1) is 0 Å². The van der Waals surface area contributed by atoms with Gasteiger partial charge in [0.25, 0.3) is 0 Å². The van der Waals surface area contributed by atoms with Gasteiger partial charge in [0.1, 0.15) is 0 Å². The molecule has 0 bridgehead atoms. The molecule has 0 aromatic heterocycles. The molecule has 0 aliphatic carbocycles. The lowest BCUT2D eigenvalue weighted by Gasteiger charge is -1.99. The van der Waals surface area contributed by atoms with E-state index in [0.717, 1.165) is 12.1 Å². The van der Waals surface area contributed by atoms with Crippen molar-refractivity contribution < 1.29 is 0 Å². The summed E-state index contributed by atoms with van der Waals surface area (Å²) in [6, 6.07) is 0. The Bertz CT molecular complexity index is 136. The lowest BCUT2D eigenvalue weighted by Crippen LogP contribution is -2.09. The van der Waals surface area contributed by atoms with Gasteiger partial charge in [0.15, 0.2) is 0 Å². The lowest BCUT2D eigenvalue weighted by atomic mass is 10.2. The van der Waals surface area contributed by atoms with E-state index >= 15 is 0 Å². The molecule has 0 saturated carbocycles. The third-order valence-electron chi connectivity index (χ3n) is 1.17. The van der Waals surface area contributed by atoms with E-state index in [1.54, 1.807) is 0 Å². The Kier molecular flexibility index (Phi) is 4.89. The second-order valence-electron chi connectivity index (χ2n) is 2.38. The molecular weight excluding hydrogens is 124 g/mol. The SMILES string of the molecule is C=C(/C=C(\C)CNC)CN. The summed E-state index contributed by atoms with van der Waals surface area (Å²) in [5.41, 5.74) is 7.59. The molecule has 0 fully saturated rings. The fraction of sp³-hybridized carbons (Fsp3) is 0.500. The summed E-state index contributed by atoms with van der Waals surface area (Å²) in [6.45, 7) is 7.26. The number of likely N-dealkylation sites (N-methyl/N-ethyl adjacent to an activating group) is 1. The summed E-state index contributed by atoms with van der Waals surface area (Å²) in [5.74, 6) is 0. The molecule has 0 unspecified atom stereocenters. The molecule has 0 rings (SSSR count). The largest absolute Gasteiger partial charge is 0.327 e. The average Bonchev–Trinajstić information content (AvgIpc) is 1.88. The van der Waals surface area contributed by atoms with E-state index in [9.17, 15) is 0 Å². The first-order valence-corrected chi connectivity index (χ1v) is 3.40. The van der Waals surface area contributed by atoms with Gasteiger partial charge in [0.05, 0.1) is 0 Å². The van der Waals surface area contributed by atoms with Crippen molar-refractivity contribution in [2.45, 2.75) is 6.92 Å². The van der Waals surface area contributed by atoms with Crippen LogP contribution in [0.2, 0.25) is 0 Å². The molecule has 3 N–H and O–H groups in total. The zero-order valence-electron chi connectivity index (χ0n) is 6.78. The zero-order chi connectivity index (χ0) is 7.98. The summed E-state index contributed by atoms with van der Waals surface area (Å²) < 4.78 is 0. The number of nitrogens with one attached hydrogen (secondary N) is 1. The Balaban J connectivity index is 3.77. The molecule has 0 aromatic rings. The van der Waals surface area contributed by atoms with Crippen molar-refractivity contribution in [1.82, 2.24) is 5.32 Å². The minimum atomic E-state index is 0.543. The Hall–Kier alpha value is -0.600. The number of hydrogen-bond acceptors (Lipinski definition) is 2. The summed E-state index contributed by atoms with van der Waals surface area (Å²) in [6.07, 6.45) is 2.01. The Morgan fingerprint density at radius 3 is 2.70 bits per heavy atom. The van der Waals surface area contributed by atoms with Crippen LogP contribution in [0.1, 0.15) is 6.92 Å². The van der Waals surface area contributed by atoms with E-state index in [2.05, 4.69) is 18.8 Å². The van der Waals surface area contributed by atoms with Crippen molar-refractivity contribution in [3.63, 3.8) is 0 Å². The molecule has 2 nitrogen and oxygen atoms in total. The maximum Gasteiger partial charge on any atom is 0.0172 e. The molecule has 0 aliphatic rings. The molecule has 0 heterocycles. The lowest BCUT2D eigenvalue weighted by molar-refractivity contribution is 0.878. The van der Waals surface area contributed by atoms with Crippen molar-refractivity contribution in [3.05, 3.63) is 23.8 Å². The van der Waals surface area contributed by atoms with E-state index < -0.39 is 0 Å². The highest BCUT2D eigenvalue weighted by atomic mass is 14.8. The molecule has 0 atom stereocenters. The molecule has 58 valence electrons. The van der Waals surface area contributed by atoms with Gasteiger partial charge < -0.3 is 11.1 Å². The van der Waals surface area contributed by atoms with E-state index in [1.807, 2.05) is 13.1 Å².